The number of nitrogens with zero attached hydrogens (tertiary/aromatic N) is 3. The zero-order chi connectivity index (χ0) is 35.6. The molecule has 3 aliphatic heterocycles. The number of benzene rings is 3. The highest BCUT2D eigenvalue weighted by molar-refractivity contribution is 6.03. The number of carbonyl (C=O) groups excluding carboxylic acids is 2. The van der Waals surface area contributed by atoms with E-state index in [9.17, 15) is 28.0 Å². The first-order valence-electron chi connectivity index (χ1n) is 18.1. The Balaban J connectivity index is 1.11. The van der Waals surface area contributed by atoms with Crippen molar-refractivity contribution in [3.63, 3.8) is 0 Å². The average Bonchev–Trinajstić information content (AvgIpc) is 3.88. The molecule has 2 N–H and O–H groups in total. The van der Waals surface area contributed by atoms with E-state index in [1.54, 1.807) is 0 Å². The van der Waals surface area contributed by atoms with Gasteiger partial charge in [-0.2, -0.15) is 9.45 Å². The Morgan fingerprint density at radius 1 is 0.922 bits per heavy atom. The topological polar surface area (TPSA) is 85.4 Å². The fourth-order valence-corrected chi connectivity index (χ4v) is 7.72. The van der Waals surface area contributed by atoms with Crippen LogP contribution in [0.1, 0.15) is 60.8 Å². The van der Waals surface area contributed by atoms with Crippen molar-refractivity contribution in [3.05, 3.63) is 106 Å². The largest absolute Gasteiger partial charge is 0.488 e. The monoisotopic (exact) mass is 702 g/mol. The summed E-state index contributed by atoms with van der Waals surface area (Å²) in [6.45, 7) is 4.01. The third kappa shape index (κ3) is 7.85. The number of hydroxylamine groups is 2. The summed E-state index contributed by atoms with van der Waals surface area (Å²) in [7, 11) is 0. The SMILES string of the molecule is Cc1ccc(CCN(C(=O)C2=C(c3ccc(CCCOc4c(F)ccc(F)c4F)cc3)C[C@@H]3CN(C(=O)C4CCCN4O)C[C@H]2N3)C2CC2)cc1. The lowest BCUT2D eigenvalue weighted by Crippen LogP contribution is -2.63. The summed E-state index contributed by atoms with van der Waals surface area (Å²) in [5.41, 5.74) is 6.00. The second-order valence-electron chi connectivity index (χ2n) is 14.4. The highest BCUT2D eigenvalue weighted by Crippen LogP contribution is 2.37. The molecule has 51 heavy (non-hydrogen) atoms. The number of hydrogen-bond donors (Lipinski definition) is 2. The Morgan fingerprint density at radius 2 is 1.63 bits per heavy atom. The van der Waals surface area contributed by atoms with Crippen LogP contribution in [0.3, 0.4) is 0 Å². The molecule has 0 aromatic heterocycles. The van der Waals surface area contributed by atoms with E-state index >= 15 is 0 Å². The van der Waals surface area contributed by atoms with E-state index in [-0.39, 0.29) is 36.5 Å². The molecule has 2 bridgehead atoms. The minimum absolute atomic E-state index is 0.00699. The molecule has 1 saturated carbocycles. The Hall–Kier alpha value is -4.19. The molecule has 3 heterocycles. The number of rotatable bonds is 12. The van der Waals surface area contributed by atoms with Crippen LogP contribution in [-0.2, 0) is 22.4 Å². The first kappa shape index (κ1) is 35.2. The van der Waals surface area contributed by atoms with Gasteiger partial charge in [0.05, 0.1) is 12.6 Å². The van der Waals surface area contributed by atoms with E-state index in [1.807, 2.05) is 34.1 Å². The van der Waals surface area contributed by atoms with E-state index in [0.29, 0.717) is 57.4 Å². The van der Waals surface area contributed by atoms with Crippen LogP contribution in [0, 0.1) is 24.4 Å². The lowest BCUT2D eigenvalue weighted by atomic mass is 9.82. The van der Waals surface area contributed by atoms with Gasteiger partial charge in [0.25, 0.3) is 5.91 Å². The second kappa shape index (κ2) is 15.2. The molecule has 7 rings (SSSR count). The highest BCUT2D eigenvalue weighted by Gasteiger charge is 2.45. The molecule has 11 heteroatoms. The summed E-state index contributed by atoms with van der Waals surface area (Å²) in [6, 6.07) is 17.3. The van der Waals surface area contributed by atoms with E-state index < -0.39 is 29.2 Å². The number of carbonyl (C=O) groups is 2. The van der Waals surface area contributed by atoms with Crippen molar-refractivity contribution in [1.82, 2.24) is 20.2 Å². The van der Waals surface area contributed by atoms with Crippen LogP contribution >= 0.6 is 0 Å². The minimum Gasteiger partial charge on any atom is -0.488 e. The quantitative estimate of drug-likeness (QED) is 0.183. The molecule has 3 atom stereocenters. The van der Waals surface area contributed by atoms with Crippen molar-refractivity contribution >= 4 is 17.4 Å². The zero-order valence-corrected chi connectivity index (χ0v) is 28.9. The van der Waals surface area contributed by atoms with Gasteiger partial charge in [-0.25, -0.2) is 8.78 Å². The molecule has 2 amide bonds. The van der Waals surface area contributed by atoms with Crippen molar-refractivity contribution < 1.29 is 32.7 Å². The van der Waals surface area contributed by atoms with E-state index in [0.717, 1.165) is 59.6 Å². The van der Waals surface area contributed by atoms with E-state index in [1.165, 1.54) is 11.1 Å². The Labute approximate surface area is 296 Å². The number of aryl methyl sites for hydroxylation is 2. The molecule has 1 unspecified atom stereocenters. The number of piperazine rings is 1. The van der Waals surface area contributed by atoms with Crippen LogP contribution in [0.15, 0.2) is 66.2 Å². The van der Waals surface area contributed by atoms with E-state index in [4.69, 9.17) is 4.74 Å². The van der Waals surface area contributed by atoms with Crippen molar-refractivity contribution in [2.75, 3.05) is 32.8 Å². The summed E-state index contributed by atoms with van der Waals surface area (Å²) in [5, 5.41) is 15.2. The molecule has 1 aliphatic carbocycles. The zero-order valence-electron chi connectivity index (χ0n) is 28.9. The summed E-state index contributed by atoms with van der Waals surface area (Å²) >= 11 is 0. The smallest absolute Gasteiger partial charge is 0.252 e. The van der Waals surface area contributed by atoms with Gasteiger partial charge >= 0.3 is 0 Å². The lowest BCUT2D eigenvalue weighted by molar-refractivity contribution is -0.157. The van der Waals surface area contributed by atoms with Gasteiger partial charge < -0.3 is 25.1 Å². The van der Waals surface area contributed by atoms with Crippen molar-refractivity contribution in [3.8, 4) is 5.75 Å². The van der Waals surface area contributed by atoms with Crippen LogP contribution in [0.25, 0.3) is 5.57 Å². The molecule has 270 valence electrons. The summed E-state index contributed by atoms with van der Waals surface area (Å²) < 4.78 is 46.7. The average molecular weight is 703 g/mol. The molecular formula is C40H45F3N4O4. The molecule has 3 aromatic rings. The molecule has 0 spiro atoms. The third-order valence-corrected chi connectivity index (χ3v) is 10.6. The Morgan fingerprint density at radius 3 is 2.33 bits per heavy atom. The molecule has 0 radical (unpaired) electrons. The number of halogens is 3. The minimum atomic E-state index is -1.33. The maximum atomic E-state index is 14.7. The molecule has 3 fully saturated rings. The van der Waals surface area contributed by atoms with Crippen LogP contribution in [0.5, 0.6) is 5.75 Å². The summed E-state index contributed by atoms with van der Waals surface area (Å²) in [5.74, 6) is -4.22. The van der Waals surface area contributed by atoms with Gasteiger partial charge in [0.1, 0.15) is 6.04 Å². The Bertz CT molecular complexity index is 1780. The highest BCUT2D eigenvalue weighted by atomic mass is 19.2. The third-order valence-electron chi connectivity index (χ3n) is 10.6. The number of nitrogens with one attached hydrogen (secondary N) is 1. The maximum absolute atomic E-state index is 14.7. The molecule has 2 saturated heterocycles. The second-order valence-corrected chi connectivity index (χ2v) is 14.4. The van der Waals surface area contributed by atoms with Gasteiger partial charge in [-0.3, -0.25) is 9.59 Å². The summed E-state index contributed by atoms with van der Waals surface area (Å²) in [6.07, 6.45) is 5.69. The van der Waals surface area contributed by atoms with Gasteiger partial charge in [0.2, 0.25) is 11.7 Å². The van der Waals surface area contributed by atoms with Gasteiger partial charge in [-0.05, 0) is 92.7 Å². The Kier molecular flexibility index (Phi) is 10.5. The van der Waals surface area contributed by atoms with Crippen LogP contribution in [0.4, 0.5) is 13.2 Å². The van der Waals surface area contributed by atoms with Crippen molar-refractivity contribution in [2.45, 2.75) is 82.5 Å². The van der Waals surface area contributed by atoms with Crippen LogP contribution < -0.4 is 10.1 Å². The number of amides is 2. The van der Waals surface area contributed by atoms with Crippen LogP contribution in [0.2, 0.25) is 0 Å². The molecule has 4 aliphatic rings. The first-order chi connectivity index (χ1) is 24.7. The molecule has 3 aromatic carbocycles. The molecular weight excluding hydrogens is 657 g/mol. The standard InChI is InChI=1S/C40H45F3N4O4/c1-25-6-8-27(9-7-25)18-20-46(30-14-15-30)40(49)36-31(22-29-23-45(24-34(36)44-29)39(48)35-5-2-19-47(35)50)28-12-10-26(11-13-28)4-3-21-51-38-33(42)17-16-32(41)37(38)43/h6-13,16-17,29-30,34-35,44,50H,2-5,14-15,18-24H2,1H3/t29-,34-,35?/m1/s1. The van der Waals surface area contributed by atoms with Crippen LogP contribution in [-0.4, -0.2) is 88.8 Å². The number of fused-ring (bicyclic) bond motifs is 2. The van der Waals surface area contributed by atoms with Gasteiger partial charge in [0, 0.05) is 43.8 Å². The lowest BCUT2D eigenvalue weighted by Gasteiger charge is -2.45. The maximum Gasteiger partial charge on any atom is 0.252 e. The fourth-order valence-electron chi connectivity index (χ4n) is 7.72. The van der Waals surface area contributed by atoms with Gasteiger partial charge in [0.15, 0.2) is 17.4 Å². The predicted molar refractivity (Wildman–Crippen MR) is 187 cm³/mol. The normalized spacial score (nSPS) is 22.0. The number of hydrogen-bond acceptors (Lipinski definition) is 6. The van der Waals surface area contributed by atoms with Gasteiger partial charge in [-0.15, -0.1) is 0 Å². The molecule has 8 nitrogen and oxygen atoms in total. The fraction of sp³-hybridized carbons (Fsp3) is 0.450. The van der Waals surface area contributed by atoms with Crippen molar-refractivity contribution in [2.24, 2.45) is 0 Å². The predicted octanol–water partition coefficient (Wildman–Crippen LogP) is 5.84. The van der Waals surface area contributed by atoms with E-state index in [2.05, 4.69) is 36.5 Å². The van der Waals surface area contributed by atoms with Gasteiger partial charge in [-0.1, -0.05) is 54.1 Å². The first-order valence-corrected chi connectivity index (χ1v) is 18.1. The van der Waals surface area contributed by atoms with Crippen molar-refractivity contribution in [1.29, 1.82) is 0 Å². The summed E-state index contributed by atoms with van der Waals surface area (Å²) in [4.78, 5) is 32.2. The number of ether oxygens (including phenoxy) is 1.